The van der Waals surface area contributed by atoms with E-state index in [2.05, 4.69) is 20.0 Å². The van der Waals surface area contributed by atoms with E-state index in [0.717, 1.165) is 0 Å². The van der Waals surface area contributed by atoms with Gasteiger partial charge in [0, 0.05) is 0 Å². The second kappa shape index (κ2) is 1.70. The van der Waals surface area contributed by atoms with Gasteiger partial charge < -0.3 is 0 Å². The van der Waals surface area contributed by atoms with Gasteiger partial charge in [0.15, 0.2) is 0 Å². The summed E-state index contributed by atoms with van der Waals surface area (Å²) in [6, 6.07) is 0. The van der Waals surface area contributed by atoms with E-state index in [4.69, 9.17) is 0 Å². The van der Waals surface area contributed by atoms with Crippen LogP contribution in [0.5, 0.6) is 0 Å². The fraction of sp³-hybridized carbons (Fsp3) is 1.00. The minimum atomic E-state index is -0.556. The van der Waals surface area contributed by atoms with E-state index in [9.17, 15) is 0 Å². The van der Waals surface area contributed by atoms with Gasteiger partial charge in [-0.05, 0) is 0 Å². The summed E-state index contributed by atoms with van der Waals surface area (Å²) in [5.74, 6) is 0. The van der Waals surface area contributed by atoms with Crippen LogP contribution in [-0.2, 0) is 18.7 Å². The summed E-state index contributed by atoms with van der Waals surface area (Å²) in [6.07, 6.45) is 0. The molecule has 5 heavy (non-hydrogen) atoms. The molecule has 2 heteroatoms. The third-order valence-electron chi connectivity index (χ3n) is 0. The maximum absolute atomic E-state index is 2.35. The molecule has 34 valence electrons. The Bertz CT molecular complexity index is 22.4. The Labute approximate surface area is 44.6 Å². The predicted octanol–water partition coefficient (Wildman–Crippen LogP) is 1.09. The van der Waals surface area contributed by atoms with Crippen molar-refractivity contribution in [2.75, 3.05) is 20.0 Å². The molecule has 0 fully saturated rings. The Morgan fingerprint density at radius 1 is 1.20 bits per heavy atom. The van der Waals surface area contributed by atoms with E-state index in [1.54, 1.807) is 0 Å². The van der Waals surface area contributed by atoms with E-state index >= 15 is 0 Å². The molecule has 0 atom stereocenters. The first-order valence-corrected chi connectivity index (χ1v) is 9.14. The maximum atomic E-state index is 2.35. The SMILES string of the molecule is C[PH](C)(C)[Re]. The normalized spacial score (nSPS) is 15.2. The number of hydrogen-bond donors (Lipinski definition) is 0. The van der Waals surface area contributed by atoms with Gasteiger partial charge in [0.1, 0.15) is 0 Å². The van der Waals surface area contributed by atoms with Crippen LogP contribution in [-0.4, -0.2) is 20.0 Å². The van der Waals surface area contributed by atoms with Gasteiger partial charge in [-0.3, -0.25) is 0 Å². The van der Waals surface area contributed by atoms with Gasteiger partial charge in [-0.1, -0.05) is 0 Å². The first kappa shape index (κ1) is 6.09. The molecule has 0 bridgehead atoms. The second-order valence-electron chi connectivity index (χ2n) is 2.07. The monoisotopic (exact) mass is 264 g/mol. The van der Waals surface area contributed by atoms with Gasteiger partial charge in [0.25, 0.3) is 0 Å². The summed E-state index contributed by atoms with van der Waals surface area (Å²) >= 11 is 1.97. The standard InChI is InChI=1S/C3H9P.Re/c1-4(2)3;/h1-3H3;/q;-1/p+1. The van der Waals surface area contributed by atoms with Crippen molar-refractivity contribution in [1.82, 2.24) is 0 Å². The van der Waals surface area contributed by atoms with Crippen LogP contribution in [0.25, 0.3) is 0 Å². The third-order valence-corrected chi connectivity index (χ3v) is 0. The molecule has 0 unspecified atom stereocenters. The minimum absolute atomic E-state index is 0.556. The van der Waals surface area contributed by atoms with Crippen LogP contribution >= 0.6 is 5.45 Å². The Hall–Kier alpha value is 1.09. The van der Waals surface area contributed by atoms with Crippen molar-refractivity contribution in [3.8, 4) is 0 Å². The third kappa shape index (κ3) is 40.8. The van der Waals surface area contributed by atoms with Crippen molar-refractivity contribution in [3.05, 3.63) is 0 Å². The van der Waals surface area contributed by atoms with E-state index < -0.39 is 5.45 Å². The summed E-state index contributed by atoms with van der Waals surface area (Å²) in [7, 11) is 0. The van der Waals surface area contributed by atoms with E-state index in [1.807, 2.05) is 18.7 Å². The van der Waals surface area contributed by atoms with Gasteiger partial charge in [0.05, 0.1) is 0 Å². The number of hydrogen-bond acceptors (Lipinski definition) is 0. The molecule has 0 heterocycles. The van der Waals surface area contributed by atoms with Crippen LogP contribution in [0.4, 0.5) is 0 Å². The first-order valence-electron chi connectivity index (χ1n) is 1.69. The Kier molecular flexibility index (Phi) is 2.07. The molecule has 0 rings (SSSR count). The molecule has 0 aliphatic rings. The topological polar surface area (TPSA) is 0 Å². The van der Waals surface area contributed by atoms with Crippen molar-refractivity contribution in [2.24, 2.45) is 0 Å². The van der Waals surface area contributed by atoms with Crippen LogP contribution in [0.15, 0.2) is 0 Å². The van der Waals surface area contributed by atoms with Crippen molar-refractivity contribution in [3.63, 3.8) is 0 Å². The quantitative estimate of drug-likeness (QED) is 0.574. The average Bonchev–Trinajstić information content (AvgIpc) is 0.722. The van der Waals surface area contributed by atoms with Gasteiger partial charge in [0.2, 0.25) is 0 Å². The van der Waals surface area contributed by atoms with Crippen LogP contribution in [0.3, 0.4) is 0 Å². The molecule has 0 aliphatic heterocycles. The van der Waals surface area contributed by atoms with E-state index in [-0.39, 0.29) is 0 Å². The molecule has 0 nitrogen and oxygen atoms in total. The van der Waals surface area contributed by atoms with Crippen molar-refractivity contribution >= 4 is 5.45 Å². The molecule has 0 aromatic heterocycles. The second-order valence-corrected chi connectivity index (χ2v) is 18.4. The van der Waals surface area contributed by atoms with Gasteiger partial charge in [-0.25, -0.2) is 0 Å². The van der Waals surface area contributed by atoms with E-state index in [0.29, 0.717) is 0 Å². The average molecular weight is 263 g/mol. The zero-order valence-corrected chi connectivity index (χ0v) is 7.59. The summed E-state index contributed by atoms with van der Waals surface area (Å²) in [6.45, 7) is 7.05. The summed E-state index contributed by atoms with van der Waals surface area (Å²) < 4.78 is 0. The van der Waals surface area contributed by atoms with Crippen LogP contribution in [0, 0.1) is 0 Å². The van der Waals surface area contributed by atoms with E-state index in [1.165, 1.54) is 0 Å². The summed E-state index contributed by atoms with van der Waals surface area (Å²) in [4.78, 5) is 0. The van der Waals surface area contributed by atoms with Crippen LogP contribution < -0.4 is 0 Å². The molecule has 0 aromatic rings. The molecule has 0 saturated carbocycles. The van der Waals surface area contributed by atoms with Crippen molar-refractivity contribution in [2.45, 2.75) is 0 Å². The molecule has 0 spiro atoms. The van der Waals surface area contributed by atoms with Crippen LogP contribution in [0.1, 0.15) is 0 Å². The molecule has 0 N–H and O–H groups in total. The molecule has 0 radical (unpaired) electrons. The Morgan fingerprint density at radius 3 is 1.20 bits per heavy atom. The molecular formula is C3H10PRe. The Morgan fingerprint density at radius 2 is 1.20 bits per heavy atom. The van der Waals surface area contributed by atoms with Crippen LogP contribution in [0.2, 0.25) is 0 Å². The summed E-state index contributed by atoms with van der Waals surface area (Å²) in [5, 5.41) is 0. The molecule has 0 aliphatic carbocycles. The zero-order valence-electron chi connectivity index (χ0n) is 3.88. The van der Waals surface area contributed by atoms with Gasteiger partial charge in [-0.15, -0.1) is 0 Å². The van der Waals surface area contributed by atoms with Gasteiger partial charge in [-0.2, -0.15) is 0 Å². The fourth-order valence-electron chi connectivity index (χ4n) is 0. The Balaban J connectivity index is 3.02. The predicted molar refractivity (Wildman–Crippen MR) is 26.1 cm³/mol. The van der Waals surface area contributed by atoms with Crippen molar-refractivity contribution < 1.29 is 18.7 Å². The van der Waals surface area contributed by atoms with Crippen molar-refractivity contribution in [1.29, 1.82) is 0 Å². The number of rotatable bonds is 0. The summed E-state index contributed by atoms with van der Waals surface area (Å²) in [5.41, 5.74) is -0.556. The molecule has 0 amide bonds. The first-order chi connectivity index (χ1) is 2.00. The van der Waals surface area contributed by atoms with Gasteiger partial charge >= 0.3 is 44.2 Å². The molecule has 0 aromatic carbocycles. The molecular weight excluding hydrogens is 253 g/mol. The zero-order chi connectivity index (χ0) is 4.50. The fourth-order valence-corrected chi connectivity index (χ4v) is 0. The molecule has 0 saturated heterocycles.